The summed E-state index contributed by atoms with van der Waals surface area (Å²) in [6, 6.07) is 4.47. The van der Waals surface area contributed by atoms with E-state index in [0.29, 0.717) is 5.56 Å². The number of nitrogens with zero attached hydrogens (tertiary/aromatic N) is 1. The van der Waals surface area contributed by atoms with Crippen molar-refractivity contribution in [1.82, 2.24) is 0 Å². The summed E-state index contributed by atoms with van der Waals surface area (Å²) < 4.78 is 9.70. The molecule has 0 amide bonds. The van der Waals surface area contributed by atoms with Crippen LogP contribution in [0.2, 0.25) is 0 Å². The van der Waals surface area contributed by atoms with Gasteiger partial charge in [0, 0.05) is 6.07 Å². The quantitative estimate of drug-likeness (QED) is 0.448. The molecule has 0 heterocycles. The van der Waals surface area contributed by atoms with Gasteiger partial charge in [-0.1, -0.05) is 19.1 Å². The maximum atomic E-state index is 11.0. The highest BCUT2D eigenvalue weighted by Crippen LogP contribution is 2.29. The van der Waals surface area contributed by atoms with E-state index in [2.05, 4.69) is 4.74 Å². The standard InChI is InChI=1S/C13H15NO5/c1-3-4-6-10-11(14(16)17)7-5-8-12(10)19-9-13(15)18-2/h4-8H,3,9H2,1-2H3/b6-4+. The van der Waals surface area contributed by atoms with E-state index < -0.39 is 10.9 Å². The fourth-order valence-corrected chi connectivity index (χ4v) is 1.42. The lowest BCUT2D eigenvalue weighted by molar-refractivity contribution is -0.385. The van der Waals surface area contributed by atoms with Crippen molar-refractivity contribution in [2.24, 2.45) is 0 Å². The third-order valence-corrected chi connectivity index (χ3v) is 2.33. The number of hydrogen-bond donors (Lipinski definition) is 0. The van der Waals surface area contributed by atoms with Gasteiger partial charge < -0.3 is 9.47 Å². The third-order valence-electron chi connectivity index (χ3n) is 2.33. The molecule has 0 aromatic heterocycles. The molecule has 1 aromatic carbocycles. The van der Waals surface area contributed by atoms with Crippen LogP contribution in [-0.4, -0.2) is 24.6 Å². The fourth-order valence-electron chi connectivity index (χ4n) is 1.42. The van der Waals surface area contributed by atoms with E-state index in [4.69, 9.17) is 4.74 Å². The Bertz CT molecular complexity index is 496. The van der Waals surface area contributed by atoms with Crippen molar-refractivity contribution in [3.8, 4) is 5.75 Å². The number of carbonyl (C=O) groups excluding carboxylic acids is 1. The number of benzene rings is 1. The van der Waals surface area contributed by atoms with Gasteiger partial charge in [0.05, 0.1) is 17.6 Å². The van der Waals surface area contributed by atoms with E-state index in [1.54, 1.807) is 18.2 Å². The molecule has 0 fully saturated rings. The first-order valence-corrected chi connectivity index (χ1v) is 5.73. The number of hydrogen-bond acceptors (Lipinski definition) is 5. The van der Waals surface area contributed by atoms with Gasteiger partial charge in [-0.15, -0.1) is 0 Å². The molecule has 1 rings (SSSR count). The Morgan fingerprint density at radius 3 is 2.79 bits per heavy atom. The zero-order valence-corrected chi connectivity index (χ0v) is 10.8. The van der Waals surface area contributed by atoms with Crippen LogP contribution in [0.3, 0.4) is 0 Å². The van der Waals surface area contributed by atoms with Crippen LogP contribution in [-0.2, 0) is 9.53 Å². The minimum absolute atomic E-state index is 0.0629. The van der Waals surface area contributed by atoms with E-state index in [-0.39, 0.29) is 18.0 Å². The Morgan fingerprint density at radius 2 is 2.21 bits per heavy atom. The fraction of sp³-hybridized carbons (Fsp3) is 0.308. The highest BCUT2D eigenvalue weighted by Gasteiger charge is 2.16. The topological polar surface area (TPSA) is 78.7 Å². The van der Waals surface area contributed by atoms with Crippen molar-refractivity contribution in [3.05, 3.63) is 40.0 Å². The first-order valence-electron chi connectivity index (χ1n) is 5.73. The Morgan fingerprint density at radius 1 is 1.47 bits per heavy atom. The van der Waals surface area contributed by atoms with Gasteiger partial charge in [-0.25, -0.2) is 4.79 Å². The largest absolute Gasteiger partial charge is 0.481 e. The summed E-state index contributed by atoms with van der Waals surface area (Å²) in [7, 11) is 1.25. The van der Waals surface area contributed by atoms with E-state index >= 15 is 0 Å². The summed E-state index contributed by atoms with van der Waals surface area (Å²) in [6.07, 6.45) is 4.14. The molecule has 0 unspecified atom stereocenters. The lowest BCUT2D eigenvalue weighted by Gasteiger charge is -2.08. The number of methoxy groups -OCH3 is 1. The van der Waals surface area contributed by atoms with Gasteiger partial charge in [0.2, 0.25) is 0 Å². The minimum Gasteiger partial charge on any atom is -0.481 e. The van der Waals surface area contributed by atoms with Crippen LogP contribution in [0.1, 0.15) is 18.9 Å². The molecule has 0 spiro atoms. The van der Waals surface area contributed by atoms with Gasteiger partial charge in [0.25, 0.3) is 5.69 Å². The number of allylic oxidation sites excluding steroid dienone is 1. The summed E-state index contributed by atoms with van der Waals surface area (Å²) in [5.74, 6) is -0.263. The van der Waals surface area contributed by atoms with Crippen molar-refractivity contribution in [1.29, 1.82) is 0 Å². The molecular weight excluding hydrogens is 250 g/mol. The van der Waals surface area contributed by atoms with Gasteiger partial charge >= 0.3 is 5.97 Å². The maximum absolute atomic E-state index is 11.0. The molecule has 0 atom stereocenters. The van der Waals surface area contributed by atoms with E-state index in [1.165, 1.54) is 19.2 Å². The summed E-state index contributed by atoms with van der Waals surface area (Å²) in [4.78, 5) is 21.5. The van der Waals surface area contributed by atoms with Gasteiger partial charge in [-0.3, -0.25) is 10.1 Å². The second-order valence-corrected chi connectivity index (χ2v) is 3.62. The van der Waals surface area contributed by atoms with Crippen LogP contribution in [0.15, 0.2) is 24.3 Å². The second-order valence-electron chi connectivity index (χ2n) is 3.62. The average Bonchev–Trinajstić information content (AvgIpc) is 2.42. The van der Waals surface area contributed by atoms with E-state index in [1.807, 2.05) is 6.92 Å². The second kappa shape index (κ2) is 7.15. The predicted octanol–water partition coefficient (Wildman–Crippen LogP) is 2.57. The maximum Gasteiger partial charge on any atom is 0.343 e. The van der Waals surface area contributed by atoms with Crippen molar-refractivity contribution in [2.45, 2.75) is 13.3 Å². The van der Waals surface area contributed by atoms with Crippen molar-refractivity contribution >= 4 is 17.7 Å². The Labute approximate surface area is 110 Å². The number of esters is 1. The number of ether oxygens (including phenoxy) is 2. The summed E-state index contributed by atoms with van der Waals surface area (Å²) in [5.41, 5.74) is 0.283. The van der Waals surface area contributed by atoms with Crippen molar-refractivity contribution < 1.29 is 19.2 Å². The molecule has 0 saturated carbocycles. The molecule has 0 radical (unpaired) electrons. The number of carbonyl (C=O) groups is 1. The first-order chi connectivity index (χ1) is 9.10. The monoisotopic (exact) mass is 265 g/mol. The molecule has 0 aliphatic carbocycles. The smallest absolute Gasteiger partial charge is 0.343 e. The Balaban J connectivity index is 3.08. The Hall–Kier alpha value is -2.37. The molecule has 6 nitrogen and oxygen atoms in total. The Kier molecular flexibility index (Phi) is 5.53. The highest BCUT2D eigenvalue weighted by molar-refractivity contribution is 5.72. The molecule has 19 heavy (non-hydrogen) atoms. The van der Waals surface area contributed by atoms with Crippen LogP contribution in [0.4, 0.5) is 5.69 Å². The third kappa shape index (κ3) is 4.09. The molecule has 1 aromatic rings. The number of nitro benzene ring substituents is 1. The van der Waals surface area contributed by atoms with Crippen LogP contribution >= 0.6 is 0 Å². The summed E-state index contributed by atoms with van der Waals surface area (Å²) in [5, 5.41) is 11.0. The lowest BCUT2D eigenvalue weighted by Crippen LogP contribution is -2.13. The number of rotatable bonds is 6. The highest BCUT2D eigenvalue weighted by atomic mass is 16.6. The SMILES string of the molecule is CC/C=C/c1c(OCC(=O)OC)cccc1[N+](=O)[O-]. The normalized spacial score (nSPS) is 10.4. The first kappa shape index (κ1) is 14.7. The van der Waals surface area contributed by atoms with Crippen LogP contribution in [0, 0.1) is 10.1 Å². The zero-order chi connectivity index (χ0) is 14.3. The van der Waals surface area contributed by atoms with Gasteiger partial charge in [0.1, 0.15) is 5.75 Å². The molecule has 0 N–H and O–H groups in total. The zero-order valence-electron chi connectivity index (χ0n) is 10.8. The van der Waals surface area contributed by atoms with Crippen molar-refractivity contribution in [2.75, 3.05) is 13.7 Å². The van der Waals surface area contributed by atoms with E-state index in [0.717, 1.165) is 6.42 Å². The molecule has 102 valence electrons. The van der Waals surface area contributed by atoms with E-state index in [9.17, 15) is 14.9 Å². The lowest BCUT2D eigenvalue weighted by atomic mass is 10.1. The summed E-state index contributed by atoms with van der Waals surface area (Å²) in [6.45, 7) is 1.63. The summed E-state index contributed by atoms with van der Waals surface area (Å²) >= 11 is 0. The van der Waals surface area contributed by atoms with Gasteiger partial charge in [-0.05, 0) is 18.6 Å². The average molecular weight is 265 g/mol. The minimum atomic E-state index is -0.545. The molecule has 0 aliphatic heterocycles. The van der Waals surface area contributed by atoms with Crippen molar-refractivity contribution in [3.63, 3.8) is 0 Å². The van der Waals surface area contributed by atoms with Crippen LogP contribution < -0.4 is 4.74 Å². The van der Waals surface area contributed by atoms with Gasteiger partial charge in [0.15, 0.2) is 6.61 Å². The van der Waals surface area contributed by atoms with Gasteiger partial charge in [-0.2, -0.15) is 0 Å². The molecule has 6 heteroatoms. The van der Waals surface area contributed by atoms with Crippen LogP contribution in [0.25, 0.3) is 6.08 Å². The molecule has 0 bridgehead atoms. The predicted molar refractivity (Wildman–Crippen MR) is 69.9 cm³/mol. The molecule has 0 saturated heterocycles. The molecular formula is C13H15NO5. The van der Waals surface area contributed by atoms with Crippen LogP contribution in [0.5, 0.6) is 5.75 Å². The molecule has 0 aliphatic rings. The number of nitro groups is 1.